The summed E-state index contributed by atoms with van der Waals surface area (Å²) in [4.78, 5) is 48.0. The number of carboxylic acids is 1. The van der Waals surface area contributed by atoms with E-state index in [0.29, 0.717) is 25.9 Å². The number of carboxylic acid groups (broad SMARTS) is 1. The lowest BCUT2D eigenvalue weighted by molar-refractivity contribution is -0.140. The Morgan fingerprint density at radius 1 is 0.500 bits per heavy atom. The molecule has 0 aromatic heterocycles. The summed E-state index contributed by atoms with van der Waals surface area (Å²) < 4.78 is 0. The molecule has 0 spiro atoms. The van der Waals surface area contributed by atoms with E-state index in [1.54, 1.807) is 0 Å². The molecule has 0 aliphatic rings. The zero-order chi connectivity index (χ0) is 31.1. The lowest BCUT2D eigenvalue weighted by Gasteiger charge is -2.17. The Morgan fingerprint density at radius 2 is 0.881 bits per heavy atom. The quantitative estimate of drug-likeness (QED) is 0.0615. The van der Waals surface area contributed by atoms with Gasteiger partial charge in [0.25, 0.3) is 0 Å². The molecule has 8 nitrogen and oxygen atoms in total. The van der Waals surface area contributed by atoms with Crippen molar-refractivity contribution < 1.29 is 24.3 Å². The Morgan fingerprint density at radius 3 is 1.36 bits per heavy atom. The van der Waals surface area contributed by atoms with E-state index in [9.17, 15) is 24.3 Å². The largest absolute Gasteiger partial charge is 0.481 e. The van der Waals surface area contributed by atoms with E-state index < -0.39 is 24.3 Å². The van der Waals surface area contributed by atoms with Gasteiger partial charge < -0.3 is 21.1 Å². The summed E-state index contributed by atoms with van der Waals surface area (Å²) in [7, 11) is 0. The second-order valence-corrected chi connectivity index (χ2v) is 11.9. The van der Waals surface area contributed by atoms with Crippen molar-refractivity contribution >= 4 is 23.7 Å². The van der Waals surface area contributed by atoms with Crippen molar-refractivity contribution in [2.24, 2.45) is 0 Å². The molecule has 42 heavy (non-hydrogen) atoms. The van der Waals surface area contributed by atoms with Gasteiger partial charge in [0.2, 0.25) is 17.7 Å². The Labute approximate surface area is 257 Å². The average molecular weight is 596 g/mol. The van der Waals surface area contributed by atoms with Gasteiger partial charge in [-0.1, -0.05) is 129 Å². The lowest BCUT2D eigenvalue weighted by atomic mass is 10.1. The number of rotatable bonds is 31. The number of hydrogen-bond acceptors (Lipinski definition) is 4. The number of nitrogens with one attached hydrogen (secondary N) is 3. The highest BCUT2D eigenvalue weighted by Crippen LogP contribution is 2.12. The molecule has 0 heterocycles. The molecule has 0 aromatic rings. The summed E-state index contributed by atoms with van der Waals surface area (Å²) >= 11 is 0. The van der Waals surface area contributed by atoms with Gasteiger partial charge in [-0.3, -0.25) is 19.2 Å². The van der Waals surface area contributed by atoms with Crippen LogP contribution in [0.5, 0.6) is 0 Å². The predicted octanol–water partition coefficient (Wildman–Crippen LogP) is 7.58. The van der Waals surface area contributed by atoms with Gasteiger partial charge in [-0.2, -0.15) is 0 Å². The van der Waals surface area contributed by atoms with Crippen LogP contribution in [0.15, 0.2) is 0 Å². The Hall–Kier alpha value is -2.12. The molecular formula is C34H65N3O5. The molecule has 0 rings (SSSR count). The highest BCUT2D eigenvalue weighted by molar-refractivity contribution is 5.90. The van der Waals surface area contributed by atoms with Crippen LogP contribution < -0.4 is 16.0 Å². The molecule has 0 saturated carbocycles. The van der Waals surface area contributed by atoms with Gasteiger partial charge >= 0.3 is 5.97 Å². The van der Waals surface area contributed by atoms with Gasteiger partial charge in [0.15, 0.2) is 0 Å². The first-order valence-corrected chi connectivity index (χ1v) is 17.5. The minimum Gasteiger partial charge on any atom is -0.481 e. The van der Waals surface area contributed by atoms with Crippen LogP contribution in [0, 0.1) is 0 Å². The SMILES string of the molecule is CCCCCCCCCCCCCCNC(=O)C(CC(=O)O)NC(=O)CCCCCNC(=O)CCCCCCCCC. The van der Waals surface area contributed by atoms with Crippen LogP contribution in [0.1, 0.15) is 174 Å². The third kappa shape index (κ3) is 28.0. The monoisotopic (exact) mass is 595 g/mol. The van der Waals surface area contributed by atoms with Crippen molar-refractivity contribution in [1.29, 1.82) is 0 Å². The first-order chi connectivity index (χ1) is 20.4. The summed E-state index contributed by atoms with van der Waals surface area (Å²) in [6, 6.07) is -1.06. The van der Waals surface area contributed by atoms with Crippen molar-refractivity contribution in [3.8, 4) is 0 Å². The van der Waals surface area contributed by atoms with Crippen LogP contribution in [0.2, 0.25) is 0 Å². The maximum atomic E-state index is 12.5. The van der Waals surface area contributed by atoms with Gasteiger partial charge in [0, 0.05) is 25.9 Å². The van der Waals surface area contributed by atoms with Crippen molar-refractivity contribution in [3.05, 3.63) is 0 Å². The topological polar surface area (TPSA) is 125 Å². The zero-order valence-electron chi connectivity index (χ0n) is 27.2. The van der Waals surface area contributed by atoms with Gasteiger partial charge in [-0.15, -0.1) is 0 Å². The maximum absolute atomic E-state index is 12.5. The maximum Gasteiger partial charge on any atom is 0.305 e. The van der Waals surface area contributed by atoms with E-state index in [-0.39, 0.29) is 18.2 Å². The second kappa shape index (κ2) is 30.3. The smallest absolute Gasteiger partial charge is 0.305 e. The number of carbonyl (C=O) groups is 4. The van der Waals surface area contributed by atoms with E-state index >= 15 is 0 Å². The molecule has 0 radical (unpaired) electrons. The van der Waals surface area contributed by atoms with Crippen LogP contribution in [0.4, 0.5) is 0 Å². The minimum absolute atomic E-state index is 0.0901. The molecule has 0 bridgehead atoms. The fourth-order valence-corrected chi connectivity index (χ4v) is 5.10. The molecular weight excluding hydrogens is 530 g/mol. The van der Waals surface area contributed by atoms with Gasteiger partial charge in [0.05, 0.1) is 6.42 Å². The highest BCUT2D eigenvalue weighted by Gasteiger charge is 2.23. The lowest BCUT2D eigenvalue weighted by Crippen LogP contribution is -2.48. The van der Waals surface area contributed by atoms with Gasteiger partial charge in [-0.05, 0) is 25.7 Å². The van der Waals surface area contributed by atoms with E-state index in [4.69, 9.17) is 0 Å². The van der Waals surface area contributed by atoms with Crippen LogP contribution in [-0.4, -0.2) is 47.9 Å². The first-order valence-electron chi connectivity index (χ1n) is 17.5. The molecule has 0 aliphatic heterocycles. The van der Waals surface area contributed by atoms with E-state index in [2.05, 4.69) is 29.8 Å². The molecule has 1 unspecified atom stereocenters. The normalized spacial score (nSPS) is 11.7. The van der Waals surface area contributed by atoms with Crippen LogP contribution >= 0.6 is 0 Å². The summed E-state index contributed by atoms with van der Waals surface area (Å²) in [5, 5.41) is 17.5. The van der Waals surface area contributed by atoms with Crippen molar-refractivity contribution in [3.63, 3.8) is 0 Å². The number of amides is 3. The van der Waals surface area contributed by atoms with Crippen LogP contribution in [-0.2, 0) is 19.2 Å². The van der Waals surface area contributed by atoms with Crippen molar-refractivity contribution in [2.75, 3.05) is 13.1 Å². The third-order valence-corrected chi connectivity index (χ3v) is 7.77. The first kappa shape index (κ1) is 39.9. The molecule has 8 heteroatoms. The van der Waals surface area contributed by atoms with Crippen molar-refractivity contribution in [2.45, 2.75) is 180 Å². The summed E-state index contributed by atoms with van der Waals surface area (Å²) in [5.74, 6) is -1.78. The minimum atomic E-state index is -1.12. The van der Waals surface area contributed by atoms with E-state index in [1.807, 2.05) is 0 Å². The fraction of sp³-hybridized carbons (Fsp3) is 0.882. The number of hydrogen-bond donors (Lipinski definition) is 4. The molecule has 3 amide bonds. The molecule has 0 fully saturated rings. The van der Waals surface area contributed by atoms with E-state index in [0.717, 1.165) is 44.9 Å². The standard InChI is InChI=1S/C34H65N3O5/c1-3-5-7-9-11-12-13-14-15-17-19-23-28-36-34(42)30(29-33(40)41)37-32(39)26-22-20-24-27-35-31(38)25-21-18-16-10-8-6-4-2/h30H,3-29H2,1-2H3,(H,35,38)(H,36,42)(H,37,39)(H,40,41). The fourth-order valence-electron chi connectivity index (χ4n) is 5.10. The van der Waals surface area contributed by atoms with Gasteiger partial charge in [-0.25, -0.2) is 0 Å². The van der Waals surface area contributed by atoms with Crippen LogP contribution in [0.3, 0.4) is 0 Å². The number of carbonyl (C=O) groups excluding carboxylic acids is 3. The van der Waals surface area contributed by atoms with Crippen molar-refractivity contribution in [1.82, 2.24) is 16.0 Å². The highest BCUT2D eigenvalue weighted by atomic mass is 16.4. The number of aliphatic carboxylic acids is 1. The average Bonchev–Trinajstić information content (AvgIpc) is 2.96. The summed E-state index contributed by atoms with van der Waals surface area (Å²) in [5.41, 5.74) is 0. The molecule has 0 aromatic carbocycles. The molecule has 246 valence electrons. The number of unbranched alkanes of at least 4 members (excludes halogenated alkanes) is 19. The Balaban J connectivity index is 3.87. The predicted molar refractivity (Wildman–Crippen MR) is 172 cm³/mol. The molecule has 4 N–H and O–H groups in total. The zero-order valence-corrected chi connectivity index (χ0v) is 27.2. The summed E-state index contributed by atoms with van der Waals surface area (Å²) in [6.07, 6.45) is 25.7. The van der Waals surface area contributed by atoms with Crippen LogP contribution in [0.25, 0.3) is 0 Å². The Kier molecular flexibility index (Phi) is 28.8. The Bertz CT molecular complexity index is 686. The third-order valence-electron chi connectivity index (χ3n) is 7.77. The summed E-state index contributed by atoms with van der Waals surface area (Å²) in [6.45, 7) is 5.54. The second-order valence-electron chi connectivity index (χ2n) is 11.9. The van der Waals surface area contributed by atoms with Gasteiger partial charge in [0.1, 0.15) is 6.04 Å². The molecule has 1 atom stereocenters. The van der Waals surface area contributed by atoms with E-state index in [1.165, 1.54) is 89.9 Å². The molecule has 0 saturated heterocycles. The molecule has 0 aliphatic carbocycles.